The van der Waals surface area contributed by atoms with Crippen molar-refractivity contribution in [3.63, 3.8) is 0 Å². The van der Waals surface area contributed by atoms with Crippen LogP contribution in [-0.2, 0) is 4.79 Å². The maximum Gasteiger partial charge on any atom is 0.239 e. The highest BCUT2D eigenvalue weighted by atomic mass is 35.5. The first-order chi connectivity index (χ1) is 6.15. The summed E-state index contributed by atoms with van der Waals surface area (Å²) >= 11 is 11.1. The van der Waals surface area contributed by atoms with E-state index in [1.165, 1.54) is 12.4 Å². The van der Waals surface area contributed by atoms with Crippen LogP contribution in [0, 0.1) is 6.92 Å². The van der Waals surface area contributed by atoms with Gasteiger partial charge in [0.15, 0.2) is 0 Å². The molecule has 1 rings (SSSR count). The molecule has 0 aliphatic heterocycles. The number of hydrogen-bond acceptors (Lipinski definition) is 2. The van der Waals surface area contributed by atoms with Crippen molar-refractivity contribution in [2.24, 2.45) is 0 Å². The predicted molar refractivity (Wildman–Crippen MR) is 53.3 cm³/mol. The summed E-state index contributed by atoms with van der Waals surface area (Å²) in [6, 6.07) is 0. The molecule has 1 N–H and O–H groups in total. The van der Waals surface area contributed by atoms with E-state index in [9.17, 15) is 4.79 Å². The van der Waals surface area contributed by atoms with Crippen LogP contribution in [0.1, 0.15) is 5.56 Å². The Balaban J connectivity index is 2.89. The van der Waals surface area contributed by atoms with Crippen LogP contribution in [0.2, 0.25) is 5.02 Å². The molecule has 1 heterocycles. The minimum absolute atomic E-state index is 0.0774. The van der Waals surface area contributed by atoms with E-state index < -0.39 is 0 Å². The van der Waals surface area contributed by atoms with Gasteiger partial charge in [-0.2, -0.15) is 0 Å². The van der Waals surface area contributed by atoms with Crippen molar-refractivity contribution in [1.82, 2.24) is 4.98 Å². The number of carbonyl (C=O) groups excluding carboxylic acids is 1. The molecule has 0 bridgehead atoms. The summed E-state index contributed by atoms with van der Waals surface area (Å²) in [6.45, 7) is 1.80. The van der Waals surface area contributed by atoms with Crippen molar-refractivity contribution < 1.29 is 4.79 Å². The standard InChI is InChI=1S/C8H8Cl2N2O/c1-5-6(10)3-11-4-7(5)12-8(13)2-9/h3-4H,2H2,1H3,(H,12,13). The second kappa shape index (κ2) is 4.44. The molecule has 1 aromatic heterocycles. The van der Waals surface area contributed by atoms with E-state index in [0.717, 1.165) is 5.56 Å². The molecule has 0 aromatic carbocycles. The smallest absolute Gasteiger partial charge is 0.239 e. The number of alkyl halides is 1. The van der Waals surface area contributed by atoms with E-state index in [2.05, 4.69) is 10.3 Å². The number of hydrogen-bond donors (Lipinski definition) is 1. The van der Waals surface area contributed by atoms with Gasteiger partial charge in [0.05, 0.1) is 16.9 Å². The molecule has 0 aliphatic rings. The number of nitrogens with one attached hydrogen (secondary N) is 1. The molecule has 0 unspecified atom stereocenters. The van der Waals surface area contributed by atoms with E-state index in [0.29, 0.717) is 10.7 Å². The minimum atomic E-state index is -0.270. The molecular formula is C8H8Cl2N2O. The molecule has 13 heavy (non-hydrogen) atoms. The zero-order valence-electron chi connectivity index (χ0n) is 6.97. The lowest BCUT2D eigenvalue weighted by Gasteiger charge is -2.06. The average Bonchev–Trinajstić information content (AvgIpc) is 2.13. The normalized spacial score (nSPS) is 9.77. The average molecular weight is 219 g/mol. The molecule has 0 aliphatic carbocycles. The van der Waals surface area contributed by atoms with Crippen molar-refractivity contribution in [2.75, 3.05) is 11.2 Å². The molecular weight excluding hydrogens is 211 g/mol. The van der Waals surface area contributed by atoms with Crippen molar-refractivity contribution >= 4 is 34.8 Å². The largest absolute Gasteiger partial charge is 0.323 e. The Morgan fingerprint density at radius 3 is 2.92 bits per heavy atom. The van der Waals surface area contributed by atoms with Crippen LogP contribution in [-0.4, -0.2) is 16.8 Å². The summed E-state index contributed by atoms with van der Waals surface area (Å²) in [5.74, 6) is -0.347. The summed E-state index contributed by atoms with van der Waals surface area (Å²) in [5.41, 5.74) is 1.38. The fourth-order valence-corrected chi connectivity index (χ4v) is 1.03. The Labute approximate surface area is 86.1 Å². The second-order valence-electron chi connectivity index (χ2n) is 2.48. The number of carbonyl (C=O) groups is 1. The molecule has 0 radical (unpaired) electrons. The maximum atomic E-state index is 10.9. The number of rotatable bonds is 2. The molecule has 0 spiro atoms. The van der Waals surface area contributed by atoms with Crippen molar-refractivity contribution in [3.05, 3.63) is 23.0 Å². The summed E-state index contributed by atoms with van der Waals surface area (Å²) < 4.78 is 0. The first kappa shape index (κ1) is 10.3. The third kappa shape index (κ3) is 2.57. The maximum absolute atomic E-state index is 10.9. The summed E-state index contributed by atoms with van der Waals surface area (Å²) in [6.07, 6.45) is 3.05. The van der Waals surface area contributed by atoms with Crippen LogP contribution in [0.15, 0.2) is 12.4 Å². The van der Waals surface area contributed by atoms with E-state index in [-0.39, 0.29) is 11.8 Å². The van der Waals surface area contributed by atoms with Gasteiger partial charge in [-0.25, -0.2) is 0 Å². The Hall–Kier alpha value is -0.800. The molecule has 0 fully saturated rings. The van der Waals surface area contributed by atoms with E-state index >= 15 is 0 Å². The Bertz CT molecular complexity index is 328. The van der Waals surface area contributed by atoms with E-state index in [4.69, 9.17) is 23.2 Å². The van der Waals surface area contributed by atoms with Crippen molar-refractivity contribution in [1.29, 1.82) is 0 Å². The minimum Gasteiger partial charge on any atom is -0.323 e. The van der Waals surface area contributed by atoms with Gasteiger partial charge >= 0.3 is 0 Å². The Kier molecular flexibility index (Phi) is 3.51. The molecule has 1 amide bonds. The monoisotopic (exact) mass is 218 g/mol. The fraction of sp³-hybridized carbons (Fsp3) is 0.250. The topological polar surface area (TPSA) is 42.0 Å². The zero-order chi connectivity index (χ0) is 9.84. The van der Waals surface area contributed by atoms with Crippen LogP contribution < -0.4 is 5.32 Å². The lowest BCUT2D eigenvalue weighted by atomic mass is 10.2. The highest BCUT2D eigenvalue weighted by molar-refractivity contribution is 6.32. The summed E-state index contributed by atoms with van der Waals surface area (Å²) in [5, 5.41) is 3.10. The van der Waals surface area contributed by atoms with Gasteiger partial charge < -0.3 is 5.32 Å². The lowest BCUT2D eigenvalue weighted by molar-refractivity contribution is -0.113. The van der Waals surface area contributed by atoms with Crippen LogP contribution in [0.3, 0.4) is 0 Å². The number of pyridine rings is 1. The van der Waals surface area contributed by atoms with Gasteiger partial charge in [0.1, 0.15) is 5.88 Å². The van der Waals surface area contributed by atoms with Gasteiger partial charge in [0.25, 0.3) is 0 Å². The SMILES string of the molecule is Cc1c(Cl)cncc1NC(=O)CCl. The lowest BCUT2D eigenvalue weighted by Crippen LogP contribution is -2.13. The van der Waals surface area contributed by atoms with Gasteiger partial charge in [0.2, 0.25) is 5.91 Å². The van der Waals surface area contributed by atoms with Crippen molar-refractivity contribution in [2.45, 2.75) is 6.92 Å². The van der Waals surface area contributed by atoms with Gasteiger partial charge in [-0.3, -0.25) is 9.78 Å². The highest BCUT2D eigenvalue weighted by Crippen LogP contribution is 2.21. The van der Waals surface area contributed by atoms with E-state index in [1.54, 1.807) is 6.92 Å². The molecule has 70 valence electrons. The van der Waals surface area contributed by atoms with E-state index in [1.807, 2.05) is 0 Å². The third-order valence-electron chi connectivity index (χ3n) is 1.55. The van der Waals surface area contributed by atoms with Crippen LogP contribution in [0.4, 0.5) is 5.69 Å². The highest BCUT2D eigenvalue weighted by Gasteiger charge is 2.05. The first-order valence-electron chi connectivity index (χ1n) is 3.61. The first-order valence-corrected chi connectivity index (χ1v) is 4.52. The number of amides is 1. The predicted octanol–water partition coefficient (Wildman–Crippen LogP) is 2.22. The fourth-order valence-electron chi connectivity index (χ4n) is 0.809. The van der Waals surface area contributed by atoms with Crippen LogP contribution in [0.25, 0.3) is 0 Å². The number of nitrogens with zero attached hydrogens (tertiary/aromatic N) is 1. The quantitative estimate of drug-likeness (QED) is 0.775. The van der Waals surface area contributed by atoms with Gasteiger partial charge in [-0.15, -0.1) is 11.6 Å². The zero-order valence-corrected chi connectivity index (χ0v) is 8.49. The number of halogens is 2. The molecule has 1 aromatic rings. The second-order valence-corrected chi connectivity index (χ2v) is 3.15. The van der Waals surface area contributed by atoms with Crippen molar-refractivity contribution in [3.8, 4) is 0 Å². The summed E-state index contributed by atoms with van der Waals surface area (Å²) in [4.78, 5) is 14.8. The van der Waals surface area contributed by atoms with Gasteiger partial charge in [-0.05, 0) is 12.5 Å². The molecule has 0 atom stereocenters. The molecule has 3 nitrogen and oxygen atoms in total. The van der Waals surface area contributed by atoms with Gasteiger partial charge in [-0.1, -0.05) is 11.6 Å². The number of aromatic nitrogens is 1. The number of anilines is 1. The van der Waals surface area contributed by atoms with Crippen LogP contribution >= 0.6 is 23.2 Å². The summed E-state index contributed by atoms with van der Waals surface area (Å²) in [7, 11) is 0. The Morgan fingerprint density at radius 2 is 2.31 bits per heavy atom. The Morgan fingerprint density at radius 1 is 1.62 bits per heavy atom. The van der Waals surface area contributed by atoms with Crippen LogP contribution in [0.5, 0.6) is 0 Å². The van der Waals surface area contributed by atoms with Gasteiger partial charge in [0, 0.05) is 6.20 Å². The molecule has 0 saturated carbocycles. The molecule has 0 saturated heterocycles. The third-order valence-corrected chi connectivity index (χ3v) is 2.17. The molecule has 5 heteroatoms.